The van der Waals surface area contributed by atoms with Gasteiger partial charge in [-0.2, -0.15) is 0 Å². The van der Waals surface area contributed by atoms with E-state index >= 15 is 0 Å². The minimum atomic E-state index is -0.194. The number of benzene rings is 3. The number of fused-ring (bicyclic) bond motifs is 2. The van der Waals surface area contributed by atoms with Crippen LogP contribution in [0, 0.1) is 0 Å². The van der Waals surface area contributed by atoms with Gasteiger partial charge in [-0.15, -0.1) is 11.3 Å². The van der Waals surface area contributed by atoms with Crippen molar-refractivity contribution in [2.45, 2.75) is 28.9 Å². The molecule has 2 N–H and O–H groups in total. The summed E-state index contributed by atoms with van der Waals surface area (Å²) in [4.78, 5) is 37.7. The summed E-state index contributed by atoms with van der Waals surface area (Å²) in [6, 6.07) is 22.2. The van der Waals surface area contributed by atoms with Gasteiger partial charge in [0.15, 0.2) is 0 Å². The maximum absolute atomic E-state index is 12.9. The molecular weight excluding hydrogens is 526 g/mol. The number of rotatable bonds is 7. The molecule has 3 heterocycles. The van der Waals surface area contributed by atoms with Gasteiger partial charge in [0.2, 0.25) is 0 Å². The Labute approximate surface area is 236 Å². The van der Waals surface area contributed by atoms with Gasteiger partial charge in [-0.05, 0) is 50.0 Å². The third-order valence-corrected chi connectivity index (χ3v) is 9.29. The number of carbonyl (C=O) groups excluding carboxylic acids is 2. The summed E-state index contributed by atoms with van der Waals surface area (Å²) in [5.41, 5.74) is 4.16. The normalized spacial score (nSPS) is 15.2. The van der Waals surface area contributed by atoms with Crippen molar-refractivity contribution >= 4 is 40.6 Å². The Kier molecular flexibility index (Phi) is 7.22. The molecule has 0 atom stereocenters. The fourth-order valence-electron chi connectivity index (χ4n) is 4.71. The molecule has 6 rings (SSSR count). The number of likely N-dealkylation sites (tertiary alicyclic amines) is 1. The van der Waals surface area contributed by atoms with E-state index in [2.05, 4.69) is 63.8 Å². The molecule has 3 aromatic carbocycles. The molecule has 1 aromatic heterocycles. The zero-order chi connectivity index (χ0) is 26.9. The number of hydrogen-bond donors (Lipinski definition) is 2. The smallest absolute Gasteiger partial charge is 0.256 e. The maximum atomic E-state index is 12.9. The second-order valence-electron chi connectivity index (χ2n) is 10.1. The summed E-state index contributed by atoms with van der Waals surface area (Å²) >= 11 is 3.10. The largest absolute Gasteiger partial charge is 0.347 e. The minimum absolute atomic E-state index is 0.168. The molecule has 7 nitrogen and oxygen atoms in total. The molecule has 0 bridgehead atoms. The zero-order valence-corrected chi connectivity index (χ0v) is 23.4. The van der Waals surface area contributed by atoms with E-state index in [9.17, 15) is 9.59 Å². The summed E-state index contributed by atoms with van der Waals surface area (Å²) in [5.74, 6) is -0.362. The molecule has 1 saturated heterocycles. The maximum Gasteiger partial charge on any atom is 0.256 e. The number of likely N-dealkylation sites (N-methyl/N-ethyl adjacent to an activating group) is 1. The van der Waals surface area contributed by atoms with Crippen LogP contribution in [0.4, 0.5) is 5.69 Å². The molecular formula is C30H29N5O2S2. The molecule has 39 heavy (non-hydrogen) atoms. The number of thiazole rings is 1. The Balaban J connectivity index is 1.05. The lowest BCUT2D eigenvalue weighted by molar-refractivity contribution is 0.0574. The number of nitrogens with one attached hydrogen (secondary N) is 2. The highest BCUT2D eigenvalue weighted by Gasteiger charge is 2.27. The number of carbonyl (C=O) groups is 2. The van der Waals surface area contributed by atoms with Crippen molar-refractivity contribution in [3.05, 3.63) is 94.5 Å². The van der Waals surface area contributed by atoms with E-state index in [1.165, 1.54) is 17.3 Å². The highest BCUT2D eigenvalue weighted by molar-refractivity contribution is 7.99. The molecule has 198 valence electrons. The summed E-state index contributed by atoms with van der Waals surface area (Å²) in [5, 5.41) is 6.87. The number of nitrogens with zero attached hydrogens (tertiary/aromatic N) is 3. The van der Waals surface area contributed by atoms with Crippen LogP contribution in [0.1, 0.15) is 31.2 Å². The first-order valence-electron chi connectivity index (χ1n) is 12.9. The van der Waals surface area contributed by atoms with Crippen molar-refractivity contribution in [3.8, 4) is 10.6 Å². The van der Waals surface area contributed by atoms with Gasteiger partial charge in [-0.1, -0.05) is 48.2 Å². The fraction of sp³-hybridized carbons (Fsp3) is 0.233. The molecule has 0 unspecified atom stereocenters. The van der Waals surface area contributed by atoms with Crippen LogP contribution in [0.5, 0.6) is 0 Å². The highest BCUT2D eigenvalue weighted by atomic mass is 32.2. The third-order valence-electron chi connectivity index (χ3n) is 7.09. The lowest BCUT2D eigenvalue weighted by Gasteiger charge is -2.42. The lowest BCUT2D eigenvalue weighted by atomic mass is 10.1. The van der Waals surface area contributed by atoms with E-state index in [1.807, 2.05) is 36.5 Å². The van der Waals surface area contributed by atoms with Crippen LogP contribution in [0.25, 0.3) is 10.6 Å². The molecule has 0 radical (unpaired) electrons. The summed E-state index contributed by atoms with van der Waals surface area (Å²) < 4.78 is 0. The Bertz CT molecular complexity index is 1530. The van der Waals surface area contributed by atoms with Crippen molar-refractivity contribution in [2.75, 3.05) is 32.5 Å². The minimum Gasteiger partial charge on any atom is -0.347 e. The fourth-order valence-corrected chi connectivity index (χ4v) is 6.58. The Morgan fingerprint density at radius 1 is 1.08 bits per heavy atom. The highest BCUT2D eigenvalue weighted by Crippen LogP contribution is 2.39. The van der Waals surface area contributed by atoms with Crippen LogP contribution in [0.15, 0.2) is 82.7 Å². The summed E-state index contributed by atoms with van der Waals surface area (Å²) in [6.45, 7) is 3.59. The van der Waals surface area contributed by atoms with Crippen molar-refractivity contribution in [1.82, 2.24) is 20.1 Å². The van der Waals surface area contributed by atoms with E-state index in [0.29, 0.717) is 29.4 Å². The van der Waals surface area contributed by atoms with Crippen molar-refractivity contribution in [2.24, 2.45) is 0 Å². The first-order chi connectivity index (χ1) is 18.9. The van der Waals surface area contributed by atoms with Crippen LogP contribution in [-0.2, 0) is 13.1 Å². The average molecular weight is 556 g/mol. The van der Waals surface area contributed by atoms with Crippen LogP contribution < -0.4 is 10.6 Å². The molecule has 2 aliphatic heterocycles. The number of hydrogen-bond acceptors (Lipinski definition) is 7. The van der Waals surface area contributed by atoms with Gasteiger partial charge in [-0.25, -0.2) is 4.98 Å². The summed E-state index contributed by atoms with van der Waals surface area (Å²) in [6.07, 6.45) is 1.82. The molecule has 0 spiro atoms. The first kappa shape index (κ1) is 25.8. The standard InChI is InChI=1S/C30H29N5O2S2/c1-34(2)22-17-35(18-22)16-19-7-9-20(10-8-19)30-32-15-23(38-30)14-31-28(36)21-11-12-27-25(13-21)33-29(37)24-5-3-4-6-26(24)39-27/h3-13,15,22H,14,16-18H2,1-2H3,(H,31,36)(H,33,37). The SMILES string of the molecule is CN(C)C1CN(Cc2ccc(-c3ncc(CNC(=O)c4ccc5c(c4)NC(=O)c4ccccc4S5)s3)cc2)C1. The van der Waals surface area contributed by atoms with Crippen molar-refractivity contribution in [1.29, 1.82) is 0 Å². The van der Waals surface area contributed by atoms with Gasteiger partial charge >= 0.3 is 0 Å². The van der Waals surface area contributed by atoms with Gasteiger partial charge in [0.1, 0.15) is 5.01 Å². The third kappa shape index (κ3) is 5.62. The van der Waals surface area contributed by atoms with Gasteiger partial charge in [0, 0.05) is 57.7 Å². The van der Waals surface area contributed by atoms with E-state index in [0.717, 1.165) is 44.9 Å². The molecule has 0 saturated carbocycles. The van der Waals surface area contributed by atoms with Gasteiger partial charge in [-0.3, -0.25) is 14.5 Å². The van der Waals surface area contributed by atoms with E-state index in [4.69, 9.17) is 0 Å². The van der Waals surface area contributed by atoms with Crippen LogP contribution in [-0.4, -0.2) is 59.8 Å². The molecule has 9 heteroatoms. The quantitative estimate of drug-likeness (QED) is 0.326. The lowest BCUT2D eigenvalue weighted by Crippen LogP contribution is -2.56. The Morgan fingerprint density at radius 2 is 1.87 bits per heavy atom. The average Bonchev–Trinajstić information content (AvgIpc) is 3.34. The van der Waals surface area contributed by atoms with Gasteiger partial charge < -0.3 is 15.5 Å². The van der Waals surface area contributed by atoms with Crippen LogP contribution in [0.3, 0.4) is 0 Å². The summed E-state index contributed by atoms with van der Waals surface area (Å²) in [7, 11) is 4.28. The van der Waals surface area contributed by atoms with Crippen molar-refractivity contribution in [3.63, 3.8) is 0 Å². The van der Waals surface area contributed by atoms with Gasteiger partial charge in [0.25, 0.3) is 11.8 Å². The van der Waals surface area contributed by atoms with E-state index < -0.39 is 0 Å². The van der Waals surface area contributed by atoms with Gasteiger partial charge in [0.05, 0.1) is 17.8 Å². The van der Waals surface area contributed by atoms with Crippen LogP contribution in [0.2, 0.25) is 0 Å². The van der Waals surface area contributed by atoms with Crippen molar-refractivity contribution < 1.29 is 9.59 Å². The molecule has 2 aliphatic rings. The topological polar surface area (TPSA) is 77.6 Å². The molecule has 2 amide bonds. The molecule has 4 aromatic rings. The first-order valence-corrected chi connectivity index (χ1v) is 14.5. The Hall–Kier alpha value is -3.50. The van der Waals surface area contributed by atoms with E-state index in [-0.39, 0.29) is 11.8 Å². The number of amides is 2. The second kappa shape index (κ2) is 10.9. The zero-order valence-electron chi connectivity index (χ0n) is 21.8. The van der Waals surface area contributed by atoms with Crippen LogP contribution >= 0.6 is 23.1 Å². The molecule has 1 fully saturated rings. The van der Waals surface area contributed by atoms with E-state index in [1.54, 1.807) is 23.5 Å². The number of aromatic nitrogens is 1. The second-order valence-corrected chi connectivity index (χ2v) is 12.3. The predicted octanol–water partition coefficient (Wildman–Crippen LogP) is 5.20. The predicted molar refractivity (Wildman–Crippen MR) is 156 cm³/mol. The number of anilines is 1. The monoisotopic (exact) mass is 555 g/mol. The molecule has 0 aliphatic carbocycles. The Morgan fingerprint density at radius 3 is 2.67 bits per heavy atom.